The molecule has 0 amide bonds. The molecule has 1 unspecified atom stereocenters. The maximum Gasteiger partial charge on any atom is 0.0757 e. The van der Waals surface area contributed by atoms with Gasteiger partial charge < -0.3 is 4.74 Å². The van der Waals surface area contributed by atoms with Crippen molar-refractivity contribution in [1.82, 2.24) is 14.9 Å². The summed E-state index contributed by atoms with van der Waals surface area (Å²) in [6.07, 6.45) is 3.70. The van der Waals surface area contributed by atoms with E-state index < -0.39 is 0 Å². The van der Waals surface area contributed by atoms with Gasteiger partial charge in [-0.05, 0) is 36.9 Å². The topological polar surface area (TPSA) is 38.2 Å². The number of likely N-dealkylation sites (N-methyl/N-ethyl adjacent to an activating group) is 1. The van der Waals surface area contributed by atoms with E-state index in [1.165, 1.54) is 10.9 Å². The van der Waals surface area contributed by atoms with Gasteiger partial charge in [-0.25, -0.2) is 0 Å². The standard InChI is InChI=1S/C19H21N3O/c1-22(19(14-23-2)18-9-5-6-11-20-18)13-15-10-12-21-17-8-4-3-7-16(15)17/h3-12,19H,13-14H2,1-2H3. The maximum atomic E-state index is 5.41. The summed E-state index contributed by atoms with van der Waals surface area (Å²) in [7, 11) is 3.83. The van der Waals surface area contributed by atoms with Crippen LogP contribution in [0, 0.1) is 0 Å². The smallest absolute Gasteiger partial charge is 0.0757 e. The fourth-order valence-electron chi connectivity index (χ4n) is 2.84. The SMILES string of the molecule is COCC(c1ccccn1)N(C)Cc1ccnc2ccccc12. The molecule has 3 aromatic rings. The molecule has 3 rings (SSSR count). The van der Waals surface area contributed by atoms with Crippen molar-refractivity contribution in [2.24, 2.45) is 0 Å². The Morgan fingerprint density at radius 3 is 2.61 bits per heavy atom. The number of hydrogen-bond acceptors (Lipinski definition) is 4. The zero-order valence-corrected chi connectivity index (χ0v) is 13.5. The highest BCUT2D eigenvalue weighted by Gasteiger charge is 2.19. The Kier molecular flexibility index (Phi) is 4.95. The van der Waals surface area contributed by atoms with Crippen LogP contribution in [0.15, 0.2) is 60.9 Å². The van der Waals surface area contributed by atoms with Gasteiger partial charge in [0.15, 0.2) is 0 Å². The van der Waals surface area contributed by atoms with E-state index in [2.05, 4.69) is 40.1 Å². The first-order valence-electron chi connectivity index (χ1n) is 7.72. The number of fused-ring (bicyclic) bond motifs is 1. The lowest BCUT2D eigenvalue weighted by Crippen LogP contribution is -2.28. The molecule has 2 heterocycles. The van der Waals surface area contributed by atoms with Crippen LogP contribution < -0.4 is 0 Å². The summed E-state index contributed by atoms with van der Waals surface area (Å²) < 4.78 is 5.41. The van der Waals surface area contributed by atoms with Gasteiger partial charge in [-0.3, -0.25) is 14.9 Å². The Hall–Kier alpha value is -2.30. The molecule has 23 heavy (non-hydrogen) atoms. The van der Waals surface area contributed by atoms with Crippen LogP contribution in [-0.4, -0.2) is 35.6 Å². The van der Waals surface area contributed by atoms with Gasteiger partial charge in [0.25, 0.3) is 0 Å². The Morgan fingerprint density at radius 2 is 1.83 bits per heavy atom. The number of benzene rings is 1. The van der Waals surface area contributed by atoms with Crippen molar-refractivity contribution in [3.63, 3.8) is 0 Å². The van der Waals surface area contributed by atoms with Crippen LogP contribution in [0.3, 0.4) is 0 Å². The van der Waals surface area contributed by atoms with Crippen molar-refractivity contribution in [3.05, 3.63) is 72.2 Å². The number of hydrogen-bond donors (Lipinski definition) is 0. The summed E-state index contributed by atoms with van der Waals surface area (Å²) in [6.45, 7) is 1.42. The van der Waals surface area contributed by atoms with Crippen LogP contribution in [0.5, 0.6) is 0 Å². The maximum absolute atomic E-state index is 5.41. The highest BCUT2D eigenvalue weighted by Crippen LogP contribution is 2.23. The van der Waals surface area contributed by atoms with Crippen molar-refractivity contribution in [3.8, 4) is 0 Å². The summed E-state index contributed by atoms with van der Waals surface area (Å²) in [5.74, 6) is 0. The molecule has 0 saturated heterocycles. The first-order valence-corrected chi connectivity index (χ1v) is 7.72. The van der Waals surface area contributed by atoms with Gasteiger partial charge in [0, 0.05) is 31.4 Å². The van der Waals surface area contributed by atoms with E-state index in [4.69, 9.17) is 4.74 Å². The lowest BCUT2D eigenvalue weighted by Gasteiger charge is -2.27. The lowest BCUT2D eigenvalue weighted by molar-refractivity contribution is 0.100. The van der Waals surface area contributed by atoms with Gasteiger partial charge in [0.05, 0.1) is 23.9 Å². The molecule has 4 heteroatoms. The first kappa shape index (κ1) is 15.6. The molecule has 4 nitrogen and oxygen atoms in total. The second kappa shape index (κ2) is 7.31. The largest absolute Gasteiger partial charge is 0.383 e. The number of pyridine rings is 2. The molecule has 1 atom stereocenters. The van der Waals surface area contributed by atoms with E-state index in [0.29, 0.717) is 6.61 Å². The average molecular weight is 307 g/mol. The summed E-state index contributed by atoms with van der Waals surface area (Å²) in [5.41, 5.74) is 3.31. The van der Waals surface area contributed by atoms with Crippen molar-refractivity contribution in [1.29, 1.82) is 0 Å². The van der Waals surface area contributed by atoms with Crippen molar-refractivity contribution in [2.75, 3.05) is 20.8 Å². The summed E-state index contributed by atoms with van der Waals surface area (Å²) in [6, 6.07) is 16.4. The Bertz CT molecular complexity index is 755. The van der Waals surface area contributed by atoms with Gasteiger partial charge in [0.2, 0.25) is 0 Å². The molecule has 0 aliphatic heterocycles. The third-order valence-electron chi connectivity index (χ3n) is 4.04. The zero-order valence-electron chi connectivity index (χ0n) is 13.5. The summed E-state index contributed by atoms with van der Waals surface area (Å²) in [5, 5.41) is 1.19. The van der Waals surface area contributed by atoms with Crippen LogP contribution in [0.25, 0.3) is 10.9 Å². The minimum Gasteiger partial charge on any atom is -0.383 e. The second-order valence-corrected chi connectivity index (χ2v) is 5.63. The van der Waals surface area contributed by atoms with Crippen LogP contribution in [0.4, 0.5) is 0 Å². The van der Waals surface area contributed by atoms with E-state index in [0.717, 1.165) is 17.8 Å². The van der Waals surface area contributed by atoms with Crippen LogP contribution in [0.2, 0.25) is 0 Å². The van der Waals surface area contributed by atoms with E-state index in [1.807, 2.05) is 42.7 Å². The quantitative estimate of drug-likeness (QED) is 0.699. The molecule has 0 N–H and O–H groups in total. The van der Waals surface area contributed by atoms with Gasteiger partial charge >= 0.3 is 0 Å². The fourth-order valence-corrected chi connectivity index (χ4v) is 2.84. The minimum atomic E-state index is 0.119. The van der Waals surface area contributed by atoms with Gasteiger partial charge in [-0.15, -0.1) is 0 Å². The number of para-hydroxylation sites is 1. The summed E-state index contributed by atoms with van der Waals surface area (Å²) >= 11 is 0. The van der Waals surface area contributed by atoms with Crippen molar-refractivity contribution >= 4 is 10.9 Å². The van der Waals surface area contributed by atoms with Gasteiger partial charge in [0.1, 0.15) is 0 Å². The molecular formula is C19H21N3O. The van der Waals surface area contributed by atoms with Crippen LogP contribution >= 0.6 is 0 Å². The molecule has 0 fully saturated rings. The normalized spacial score (nSPS) is 12.7. The number of rotatable bonds is 6. The van der Waals surface area contributed by atoms with Gasteiger partial charge in [-0.2, -0.15) is 0 Å². The monoisotopic (exact) mass is 307 g/mol. The fraction of sp³-hybridized carbons (Fsp3) is 0.263. The van der Waals surface area contributed by atoms with E-state index >= 15 is 0 Å². The Balaban J connectivity index is 1.87. The zero-order chi connectivity index (χ0) is 16.1. The molecule has 0 radical (unpaired) electrons. The van der Waals surface area contributed by atoms with E-state index in [9.17, 15) is 0 Å². The Morgan fingerprint density at radius 1 is 1.00 bits per heavy atom. The Labute approximate surface area is 136 Å². The predicted molar refractivity (Wildman–Crippen MR) is 92.1 cm³/mol. The molecule has 0 saturated carbocycles. The second-order valence-electron chi connectivity index (χ2n) is 5.63. The van der Waals surface area contributed by atoms with Gasteiger partial charge in [-0.1, -0.05) is 24.3 Å². The molecule has 0 aliphatic rings. The third-order valence-corrected chi connectivity index (χ3v) is 4.04. The highest BCUT2D eigenvalue weighted by atomic mass is 16.5. The van der Waals surface area contributed by atoms with Crippen LogP contribution in [0.1, 0.15) is 17.3 Å². The molecular weight excluding hydrogens is 286 g/mol. The lowest BCUT2D eigenvalue weighted by atomic mass is 10.1. The highest BCUT2D eigenvalue weighted by molar-refractivity contribution is 5.81. The number of ether oxygens (including phenoxy) is 1. The molecule has 0 aliphatic carbocycles. The number of nitrogens with zero attached hydrogens (tertiary/aromatic N) is 3. The molecule has 118 valence electrons. The third kappa shape index (κ3) is 3.55. The number of methoxy groups -OCH3 is 1. The number of aromatic nitrogens is 2. The molecule has 2 aromatic heterocycles. The van der Waals surface area contributed by atoms with Crippen molar-refractivity contribution < 1.29 is 4.74 Å². The van der Waals surface area contributed by atoms with Crippen LogP contribution in [-0.2, 0) is 11.3 Å². The molecule has 0 spiro atoms. The summed E-state index contributed by atoms with van der Waals surface area (Å²) in [4.78, 5) is 11.2. The average Bonchev–Trinajstić information content (AvgIpc) is 2.60. The van der Waals surface area contributed by atoms with E-state index in [-0.39, 0.29) is 6.04 Å². The first-order chi connectivity index (χ1) is 11.3. The van der Waals surface area contributed by atoms with E-state index in [1.54, 1.807) is 7.11 Å². The van der Waals surface area contributed by atoms with Crippen molar-refractivity contribution in [2.45, 2.75) is 12.6 Å². The predicted octanol–water partition coefficient (Wildman–Crippen LogP) is 3.45. The minimum absolute atomic E-state index is 0.119. The molecule has 1 aromatic carbocycles. The molecule has 0 bridgehead atoms.